The van der Waals surface area contributed by atoms with Crippen LogP contribution in [0.2, 0.25) is 0 Å². The molecule has 0 amide bonds. The Morgan fingerprint density at radius 1 is 1.47 bits per heavy atom. The molecule has 3 nitrogen and oxygen atoms in total. The summed E-state index contributed by atoms with van der Waals surface area (Å²) in [6.45, 7) is 2.44. The van der Waals surface area contributed by atoms with E-state index in [9.17, 15) is 9.18 Å². The molecule has 1 aromatic rings. The molecule has 4 heteroatoms. The molecule has 0 heterocycles. The van der Waals surface area contributed by atoms with Crippen molar-refractivity contribution in [2.24, 2.45) is 0 Å². The maximum absolute atomic E-state index is 13.4. The number of carboxylic acids is 1. The third-order valence-corrected chi connectivity index (χ3v) is 2.91. The zero-order valence-corrected chi connectivity index (χ0v) is 10.2. The van der Waals surface area contributed by atoms with E-state index in [1.54, 1.807) is 18.2 Å². The predicted molar refractivity (Wildman–Crippen MR) is 64.2 cm³/mol. The Morgan fingerprint density at radius 3 is 2.71 bits per heavy atom. The lowest BCUT2D eigenvalue weighted by Gasteiger charge is -2.24. The Kier molecular flexibility index (Phi) is 5.10. The largest absolute Gasteiger partial charge is 0.481 e. The smallest absolute Gasteiger partial charge is 0.303 e. The number of rotatable bonds is 6. The standard InChI is InChI=1S/C13H18FNO2/c1-10(7-8-13(16)17)15(2)9-11-5-3-4-6-12(11)14/h3-6,10H,7-9H2,1-2H3,(H,16,17). The molecule has 94 valence electrons. The van der Waals surface area contributed by atoms with Crippen LogP contribution in [0.15, 0.2) is 24.3 Å². The summed E-state index contributed by atoms with van der Waals surface area (Å²) in [5.41, 5.74) is 0.636. The van der Waals surface area contributed by atoms with E-state index in [1.165, 1.54) is 6.07 Å². The average Bonchev–Trinajstić information content (AvgIpc) is 2.28. The van der Waals surface area contributed by atoms with Crippen LogP contribution < -0.4 is 0 Å². The van der Waals surface area contributed by atoms with E-state index in [-0.39, 0.29) is 18.3 Å². The molecule has 1 atom stereocenters. The van der Waals surface area contributed by atoms with Gasteiger partial charge >= 0.3 is 5.97 Å². The van der Waals surface area contributed by atoms with Gasteiger partial charge in [0.15, 0.2) is 0 Å². The molecule has 0 aliphatic heterocycles. The molecule has 1 unspecified atom stereocenters. The predicted octanol–water partition coefficient (Wildman–Crippen LogP) is 2.51. The summed E-state index contributed by atoms with van der Waals surface area (Å²) < 4.78 is 13.4. The molecule has 0 bridgehead atoms. The van der Waals surface area contributed by atoms with Gasteiger partial charge in [0.05, 0.1) is 0 Å². The van der Waals surface area contributed by atoms with Crippen LogP contribution in [0.1, 0.15) is 25.3 Å². The maximum Gasteiger partial charge on any atom is 0.303 e. The Hall–Kier alpha value is -1.42. The highest BCUT2D eigenvalue weighted by Gasteiger charge is 2.12. The number of halogens is 1. The number of carboxylic acid groups (broad SMARTS) is 1. The Morgan fingerprint density at radius 2 is 2.12 bits per heavy atom. The molecular formula is C13H18FNO2. The van der Waals surface area contributed by atoms with E-state index in [4.69, 9.17) is 5.11 Å². The van der Waals surface area contributed by atoms with E-state index in [0.29, 0.717) is 18.5 Å². The second-order valence-electron chi connectivity index (χ2n) is 4.29. The van der Waals surface area contributed by atoms with E-state index in [1.807, 2.05) is 18.9 Å². The van der Waals surface area contributed by atoms with Crippen molar-refractivity contribution >= 4 is 5.97 Å². The van der Waals surface area contributed by atoms with Gasteiger partial charge in [0.1, 0.15) is 5.82 Å². The third-order valence-electron chi connectivity index (χ3n) is 2.91. The number of hydrogen-bond acceptors (Lipinski definition) is 2. The topological polar surface area (TPSA) is 40.5 Å². The number of hydrogen-bond donors (Lipinski definition) is 1. The summed E-state index contributed by atoms with van der Waals surface area (Å²) in [4.78, 5) is 12.4. The molecule has 0 aromatic heterocycles. The van der Waals surface area contributed by atoms with Gasteiger partial charge in [0.25, 0.3) is 0 Å². The first-order valence-corrected chi connectivity index (χ1v) is 5.66. The van der Waals surface area contributed by atoms with Crippen molar-refractivity contribution in [2.45, 2.75) is 32.4 Å². The molecule has 0 aliphatic rings. The molecule has 0 spiro atoms. The van der Waals surface area contributed by atoms with Gasteiger partial charge in [-0.2, -0.15) is 0 Å². The van der Waals surface area contributed by atoms with E-state index in [0.717, 1.165) is 0 Å². The van der Waals surface area contributed by atoms with Crippen LogP contribution in [0, 0.1) is 5.82 Å². The molecule has 0 aliphatic carbocycles. The Bertz CT molecular complexity index is 381. The van der Waals surface area contributed by atoms with Gasteiger partial charge in [0, 0.05) is 24.6 Å². The molecule has 1 rings (SSSR count). The van der Waals surface area contributed by atoms with Crippen LogP contribution in [0.25, 0.3) is 0 Å². The van der Waals surface area contributed by atoms with E-state index >= 15 is 0 Å². The summed E-state index contributed by atoms with van der Waals surface area (Å²) in [5, 5.41) is 8.60. The van der Waals surface area contributed by atoms with Gasteiger partial charge in [-0.1, -0.05) is 18.2 Å². The van der Waals surface area contributed by atoms with Crippen molar-refractivity contribution in [2.75, 3.05) is 7.05 Å². The molecule has 17 heavy (non-hydrogen) atoms. The first-order chi connectivity index (χ1) is 8.00. The van der Waals surface area contributed by atoms with Gasteiger partial charge < -0.3 is 5.11 Å². The van der Waals surface area contributed by atoms with Crippen LogP contribution in [0.4, 0.5) is 4.39 Å². The first-order valence-electron chi connectivity index (χ1n) is 5.66. The SMILES string of the molecule is CC(CCC(=O)O)N(C)Cc1ccccc1F. The molecule has 1 aromatic carbocycles. The van der Waals surface area contributed by atoms with Crippen molar-refractivity contribution in [1.82, 2.24) is 4.90 Å². The van der Waals surface area contributed by atoms with Crippen molar-refractivity contribution in [3.8, 4) is 0 Å². The van der Waals surface area contributed by atoms with Gasteiger partial charge in [-0.3, -0.25) is 9.69 Å². The quantitative estimate of drug-likeness (QED) is 0.829. The highest BCUT2D eigenvalue weighted by molar-refractivity contribution is 5.66. The lowest BCUT2D eigenvalue weighted by molar-refractivity contribution is -0.137. The molecule has 0 saturated carbocycles. The van der Waals surface area contributed by atoms with E-state index in [2.05, 4.69) is 0 Å². The fraction of sp³-hybridized carbons (Fsp3) is 0.462. The fourth-order valence-electron chi connectivity index (χ4n) is 1.60. The zero-order valence-electron chi connectivity index (χ0n) is 10.2. The van der Waals surface area contributed by atoms with Crippen molar-refractivity contribution in [1.29, 1.82) is 0 Å². The minimum Gasteiger partial charge on any atom is -0.481 e. The van der Waals surface area contributed by atoms with E-state index < -0.39 is 5.97 Å². The Balaban J connectivity index is 2.51. The fourth-order valence-corrected chi connectivity index (χ4v) is 1.60. The van der Waals surface area contributed by atoms with Gasteiger partial charge in [0.2, 0.25) is 0 Å². The maximum atomic E-state index is 13.4. The summed E-state index contributed by atoms with van der Waals surface area (Å²) in [7, 11) is 1.87. The zero-order chi connectivity index (χ0) is 12.8. The number of carbonyl (C=O) groups is 1. The van der Waals surface area contributed by atoms with Gasteiger partial charge in [-0.05, 0) is 26.5 Å². The second kappa shape index (κ2) is 6.35. The highest BCUT2D eigenvalue weighted by Crippen LogP contribution is 2.12. The summed E-state index contributed by atoms with van der Waals surface area (Å²) in [5.74, 6) is -1.01. The lowest BCUT2D eigenvalue weighted by Crippen LogP contribution is -2.29. The van der Waals surface area contributed by atoms with Crippen LogP contribution in [0.5, 0.6) is 0 Å². The van der Waals surface area contributed by atoms with Gasteiger partial charge in [-0.25, -0.2) is 4.39 Å². The molecule has 1 N–H and O–H groups in total. The Labute approximate surface area is 101 Å². The van der Waals surface area contributed by atoms with Gasteiger partial charge in [-0.15, -0.1) is 0 Å². The minimum atomic E-state index is -0.795. The number of nitrogens with zero attached hydrogens (tertiary/aromatic N) is 1. The summed E-state index contributed by atoms with van der Waals surface area (Å²) >= 11 is 0. The molecular weight excluding hydrogens is 221 g/mol. The van der Waals surface area contributed by atoms with Crippen molar-refractivity contribution < 1.29 is 14.3 Å². The first kappa shape index (κ1) is 13.6. The number of benzene rings is 1. The van der Waals surface area contributed by atoms with Crippen LogP contribution >= 0.6 is 0 Å². The minimum absolute atomic E-state index is 0.116. The monoisotopic (exact) mass is 239 g/mol. The van der Waals surface area contributed by atoms with Crippen molar-refractivity contribution in [3.63, 3.8) is 0 Å². The van der Waals surface area contributed by atoms with Crippen LogP contribution in [0.3, 0.4) is 0 Å². The normalized spacial score (nSPS) is 12.7. The summed E-state index contributed by atoms with van der Waals surface area (Å²) in [6, 6.07) is 6.76. The van der Waals surface area contributed by atoms with Crippen LogP contribution in [-0.2, 0) is 11.3 Å². The summed E-state index contributed by atoms with van der Waals surface area (Å²) in [6.07, 6.45) is 0.711. The third kappa shape index (κ3) is 4.53. The van der Waals surface area contributed by atoms with Crippen LogP contribution in [-0.4, -0.2) is 29.1 Å². The number of aliphatic carboxylic acids is 1. The molecule has 0 fully saturated rings. The lowest BCUT2D eigenvalue weighted by atomic mass is 10.1. The highest BCUT2D eigenvalue weighted by atomic mass is 19.1. The molecule has 0 radical (unpaired) electrons. The average molecular weight is 239 g/mol. The van der Waals surface area contributed by atoms with Crippen molar-refractivity contribution in [3.05, 3.63) is 35.6 Å². The molecule has 0 saturated heterocycles. The second-order valence-corrected chi connectivity index (χ2v) is 4.29.